The first-order valence-electron chi connectivity index (χ1n) is 8.07. The van der Waals surface area contributed by atoms with Gasteiger partial charge in [-0.25, -0.2) is 4.98 Å². The summed E-state index contributed by atoms with van der Waals surface area (Å²) in [5, 5.41) is 13.6. The van der Waals surface area contributed by atoms with Crippen LogP contribution in [0.1, 0.15) is 25.3 Å². The summed E-state index contributed by atoms with van der Waals surface area (Å²) in [5.41, 5.74) is 0. The summed E-state index contributed by atoms with van der Waals surface area (Å²) in [6.45, 7) is 6.16. The van der Waals surface area contributed by atoms with Gasteiger partial charge in [0.25, 0.3) is 5.89 Å². The highest BCUT2D eigenvalue weighted by Gasteiger charge is 2.25. The first-order chi connectivity index (χ1) is 11.8. The molecule has 3 aromatic rings. The minimum atomic E-state index is 0.127. The van der Waals surface area contributed by atoms with Gasteiger partial charge < -0.3 is 9.32 Å². The molecule has 1 aliphatic heterocycles. The molecule has 6 nitrogen and oxygen atoms in total. The Bertz CT molecular complexity index is 755. The van der Waals surface area contributed by atoms with Gasteiger partial charge >= 0.3 is 0 Å². The molecule has 0 bridgehead atoms. The van der Waals surface area contributed by atoms with E-state index in [4.69, 9.17) is 4.42 Å². The average molecular weight is 361 g/mol. The van der Waals surface area contributed by atoms with Gasteiger partial charge in [-0.15, -0.1) is 32.9 Å². The van der Waals surface area contributed by atoms with Crippen molar-refractivity contribution in [2.75, 3.05) is 31.1 Å². The van der Waals surface area contributed by atoms with E-state index in [0.717, 1.165) is 42.6 Å². The summed E-state index contributed by atoms with van der Waals surface area (Å²) < 4.78 is 5.91. The maximum absolute atomic E-state index is 5.91. The molecule has 1 unspecified atom stereocenters. The van der Waals surface area contributed by atoms with Gasteiger partial charge in [0.05, 0.1) is 10.9 Å². The minimum absolute atomic E-state index is 0.127. The van der Waals surface area contributed by atoms with Crippen LogP contribution in [0.3, 0.4) is 0 Å². The summed E-state index contributed by atoms with van der Waals surface area (Å²) in [6, 6.07) is 4.13. The third-order valence-electron chi connectivity index (χ3n) is 4.30. The van der Waals surface area contributed by atoms with Gasteiger partial charge in [0.15, 0.2) is 5.13 Å². The first kappa shape index (κ1) is 15.7. The zero-order chi connectivity index (χ0) is 16.4. The highest BCUT2D eigenvalue weighted by atomic mass is 32.1. The number of thiazole rings is 1. The Kier molecular flexibility index (Phi) is 4.59. The van der Waals surface area contributed by atoms with Crippen LogP contribution in [-0.2, 0) is 0 Å². The summed E-state index contributed by atoms with van der Waals surface area (Å²) >= 11 is 3.32. The predicted octanol–water partition coefficient (Wildman–Crippen LogP) is 3.53. The molecule has 0 N–H and O–H groups in total. The molecule has 126 valence electrons. The van der Waals surface area contributed by atoms with Crippen molar-refractivity contribution in [1.29, 1.82) is 0 Å². The molecule has 24 heavy (non-hydrogen) atoms. The van der Waals surface area contributed by atoms with E-state index in [-0.39, 0.29) is 6.04 Å². The number of hydrogen-bond donors (Lipinski definition) is 0. The number of nitrogens with zero attached hydrogens (tertiary/aromatic N) is 5. The van der Waals surface area contributed by atoms with Crippen molar-refractivity contribution >= 4 is 27.8 Å². The van der Waals surface area contributed by atoms with Crippen LogP contribution < -0.4 is 4.90 Å². The van der Waals surface area contributed by atoms with E-state index in [1.54, 1.807) is 22.7 Å². The van der Waals surface area contributed by atoms with Crippen LogP contribution in [0, 0.1) is 0 Å². The number of hydrogen-bond acceptors (Lipinski definition) is 8. The number of anilines is 1. The molecule has 4 heterocycles. The van der Waals surface area contributed by atoms with Crippen LogP contribution in [0.5, 0.6) is 0 Å². The summed E-state index contributed by atoms with van der Waals surface area (Å²) in [5.74, 6) is 1.31. The van der Waals surface area contributed by atoms with E-state index in [9.17, 15) is 0 Å². The van der Waals surface area contributed by atoms with Crippen LogP contribution in [-0.4, -0.2) is 46.3 Å². The smallest absolute Gasteiger partial charge is 0.257 e. The second-order valence-corrected chi connectivity index (χ2v) is 7.61. The fourth-order valence-electron chi connectivity index (χ4n) is 2.95. The van der Waals surface area contributed by atoms with Crippen LogP contribution in [0.15, 0.2) is 33.5 Å². The zero-order valence-corrected chi connectivity index (χ0v) is 15.1. The quantitative estimate of drug-likeness (QED) is 0.708. The van der Waals surface area contributed by atoms with Crippen molar-refractivity contribution in [2.24, 2.45) is 0 Å². The third-order valence-corrected chi connectivity index (χ3v) is 5.99. The van der Waals surface area contributed by atoms with E-state index in [2.05, 4.69) is 31.9 Å². The Balaban J connectivity index is 1.44. The molecule has 4 rings (SSSR count). The Labute approximate surface area is 148 Å². The molecule has 1 saturated heterocycles. The number of rotatable bonds is 4. The van der Waals surface area contributed by atoms with Crippen LogP contribution >= 0.6 is 22.7 Å². The van der Waals surface area contributed by atoms with Gasteiger partial charge in [0.1, 0.15) is 0 Å². The Morgan fingerprint density at radius 1 is 1.12 bits per heavy atom. The summed E-state index contributed by atoms with van der Waals surface area (Å²) in [7, 11) is 0. The van der Waals surface area contributed by atoms with Crippen molar-refractivity contribution in [3.8, 4) is 10.8 Å². The standard InChI is InChI=1S/C16H19N5OS2/c1-12(14-18-19-15(22-14)13-4-2-10-23-13)20-6-3-7-21(9-8-20)16-17-5-11-24-16/h2,4-5,10-12H,3,6-9H2,1H3. The Hall–Kier alpha value is -1.77. The number of aromatic nitrogens is 3. The largest absolute Gasteiger partial charge is 0.418 e. The molecule has 0 radical (unpaired) electrons. The van der Waals surface area contributed by atoms with E-state index < -0.39 is 0 Å². The third kappa shape index (κ3) is 3.22. The lowest BCUT2D eigenvalue weighted by atomic mass is 10.2. The molecule has 0 amide bonds. The molecular formula is C16H19N5OS2. The van der Waals surface area contributed by atoms with E-state index in [0.29, 0.717) is 11.8 Å². The lowest BCUT2D eigenvalue weighted by molar-refractivity contribution is 0.196. The zero-order valence-electron chi connectivity index (χ0n) is 13.5. The monoisotopic (exact) mass is 361 g/mol. The van der Waals surface area contributed by atoms with Crippen molar-refractivity contribution in [2.45, 2.75) is 19.4 Å². The summed E-state index contributed by atoms with van der Waals surface area (Å²) in [6.07, 6.45) is 2.98. The van der Waals surface area contributed by atoms with Gasteiger partial charge in [-0.1, -0.05) is 6.07 Å². The second-order valence-electron chi connectivity index (χ2n) is 5.79. The first-order valence-corrected chi connectivity index (χ1v) is 9.83. The van der Waals surface area contributed by atoms with Crippen LogP contribution in [0.2, 0.25) is 0 Å². The Morgan fingerprint density at radius 2 is 2.08 bits per heavy atom. The lowest BCUT2D eigenvalue weighted by Crippen LogP contribution is -2.32. The van der Waals surface area contributed by atoms with Crippen molar-refractivity contribution in [3.05, 3.63) is 35.0 Å². The van der Waals surface area contributed by atoms with Crippen LogP contribution in [0.25, 0.3) is 10.8 Å². The number of thiophene rings is 1. The molecule has 0 aliphatic carbocycles. The van der Waals surface area contributed by atoms with Gasteiger partial charge in [-0.3, -0.25) is 4.90 Å². The molecule has 0 saturated carbocycles. The van der Waals surface area contributed by atoms with Crippen LogP contribution in [0.4, 0.5) is 5.13 Å². The molecule has 8 heteroatoms. The maximum atomic E-state index is 5.91. The topological polar surface area (TPSA) is 58.3 Å². The molecule has 1 aliphatic rings. The van der Waals surface area contributed by atoms with Crippen molar-refractivity contribution in [1.82, 2.24) is 20.1 Å². The van der Waals surface area contributed by atoms with E-state index in [1.807, 2.05) is 29.1 Å². The normalized spacial score (nSPS) is 17.8. The van der Waals surface area contributed by atoms with Gasteiger partial charge in [0, 0.05) is 37.8 Å². The molecule has 3 aromatic heterocycles. The fourth-order valence-corrected chi connectivity index (χ4v) is 4.29. The molecule has 0 aromatic carbocycles. The van der Waals surface area contributed by atoms with Crippen molar-refractivity contribution < 1.29 is 4.42 Å². The van der Waals surface area contributed by atoms with E-state index in [1.165, 1.54) is 0 Å². The maximum Gasteiger partial charge on any atom is 0.257 e. The summed E-state index contributed by atoms with van der Waals surface area (Å²) in [4.78, 5) is 10.2. The lowest BCUT2D eigenvalue weighted by Gasteiger charge is -2.25. The molecule has 0 spiro atoms. The van der Waals surface area contributed by atoms with E-state index >= 15 is 0 Å². The highest BCUT2D eigenvalue weighted by Crippen LogP contribution is 2.28. The molecule has 1 atom stereocenters. The fraction of sp³-hybridized carbons (Fsp3) is 0.438. The van der Waals surface area contributed by atoms with Gasteiger partial charge in [0.2, 0.25) is 5.89 Å². The van der Waals surface area contributed by atoms with Crippen molar-refractivity contribution in [3.63, 3.8) is 0 Å². The van der Waals surface area contributed by atoms with Gasteiger partial charge in [-0.2, -0.15) is 0 Å². The SMILES string of the molecule is CC(c1nnc(-c2cccs2)o1)N1CCCN(c2nccs2)CC1. The minimum Gasteiger partial charge on any atom is -0.418 e. The highest BCUT2D eigenvalue weighted by molar-refractivity contribution is 7.13. The second kappa shape index (κ2) is 7.00. The predicted molar refractivity (Wildman–Crippen MR) is 96.5 cm³/mol. The Morgan fingerprint density at radius 3 is 2.88 bits per heavy atom. The molecular weight excluding hydrogens is 342 g/mol. The average Bonchev–Trinajstić information content (AvgIpc) is 3.33. The molecule has 1 fully saturated rings. The van der Waals surface area contributed by atoms with Gasteiger partial charge in [-0.05, 0) is 24.8 Å².